The van der Waals surface area contributed by atoms with Crippen LogP contribution in [0.15, 0.2) is 24.3 Å². The van der Waals surface area contributed by atoms with E-state index in [1.165, 1.54) is 0 Å². The van der Waals surface area contributed by atoms with Crippen LogP contribution in [0.2, 0.25) is 0 Å². The molecule has 3 rings (SSSR count). The van der Waals surface area contributed by atoms with E-state index in [1.54, 1.807) is 7.11 Å². The largest absolute Gasteiger partial charge is 0.496 e. The number of hydrogen-bond acceptors (Lipinski definition) is 4. The minimum Gasteiger partial charge on any atom is -0.496 e. The van der Waals surface area contributed by atoms with Crippen molar-refractivity contribution in [1.82, 2.24) is 20.1 Å². The van der Waals surface area contributed by atoms with Crippen LogP contribution in [-0.2, 0) is 11.2 Å². The van der Waals surface area contributed by atoms with Crippen molar-refractivity contribution >= 4 is 5.91 Å². The summed E-state index contributed by atoms with van der Waals surface area (Å²) in [6, 6.07) is 7.51. The lowest BCUT2D eigenvalue weighted by Crippen LogP contribution is -2.36. The van der Waals surface area contributed by atoms with E-state index in [0.717, 1.165) is 30.0 Å². The van der Waals surface area contributed by atoms with Crippen LogP contribution in [0.4, 0.5) is 0 Å². The highest BCUT2D eigenvalue weighted by Crippen LogP contribution is 2.35. The Morgan fingerprint density at radius 2 is 2.14 bits per heavy atom. The summed E-state index contributed by atoms with van der Waals surface area (Å²) in [5, 5.41) is 11.5. The van der Waals surface area contributed by atoms with E-state index in [2.05, 4.69) is 15.5 Å². The lowest BCUT2D eigenvalue weighted by atomic mass is 10.1. The maximum absolute atomic E-state index is 12.4. The summed E-state index contributed by atoms with van der Waals surface area (Å²) >= 11 is 0. The van der Waals surface area contributed by atoms with Gasteiger partial charge in [0.1, 0.15) is 17.6 Å². The molecular weight excluding hydrogens is 280 g/mol. The van der Waals surface area contributed by atoms with Crippen molar-refractivity contribution in [2.45, 2.75) is 38.8 Å². The monoisotopic (exact) mass is 300 g/mol. The fourth-order valence-electron chi connectivity index (χ4n) is 2.86. The van der Waals surface area contributed by atoms with E-state index in [0.29, 0.717) is 5.82 Å². The second-order valence-corrected chi connectivity index (χ2v) is 5.73. The van der Waals surface area contributed by atoms with Crippen LogP contribution in [0.1, 0.15) is 32.1 Å². The number of benzene rings is 1. The van der Waals surface area contributed by atoms with Crippen molar-refractivity contribution in [3.63, 3.8) is 0 Å². The summed E-state index contributed by atoms with van der Waals surface area (Å²) in [5.41, 5.74) is 0.855. The van der Waals surface area contributed by atoms with E-state index in [-0.39, 0.29) is 18.0 Å². The number of hydrogen-bond donors (Lipinski definition) is 1. The van der Waals surface area contributed by atoms with E-state index in [9.17, 15) is 4.79 Å². The third-order valence-corrected chi connectivity index (χ3v) is 3.80. The molecule has 0 saturated heterocycles. The Bertz CT molecular complexity index is 693. The Morgan fingerprint density at radius 3 is 2.86 bits per heavy atom. The Morgan fingerprint density at radius 1 is 1.36 bits per heavy atom. The van der Waals surface area contributed by atoms with Gasteiger partial charge in [0.25, 0.3) is 0 Å². The molecule has 2 heterocycles. The predicted octanol–water partition coefficient (Wildman–Crippen LogP) is 1.97. The molecule has 1 aliphatic rings. The van der Waals surface area contributed by atoms with Crippen molar-refractivity contribution < 1.29 is 9.53 Å². The van der Waals surface area contributed by atoms with E-state index < -0.39 is 0 Å². The first-order chi connectivity index (χ1) is 10.6. The summed E-state index contributed by atoms with van der Waals surface area (Å²) in [5.74, 6) is 2.29. The van der Waals surface area contributed by atoms with Crippen LogP contribution >= 0.6 is 0 Å². The molecule has 6 heteroatoms. The highest BCUT2D eigenvalue weighted by Gasteiger charge is 2.33. The molecule has 1 amide bonds. The third kappa shape index (κ3) is 2.45. The summed E-state index contributed by atoms with van der Waals surface area (Å²) in [6.07, 6.45) is 1.52. The number of carbonyl (C=O) groups is 1. The quantitative estimate of drug-likeness (QED) is 0.937. The number of ether oxygens (including phenoxy) is 1. The molecule has 1 aliphatic heterocycles. The van der Waals surface area contributed by atoms with Crippen molar-refractivity contribution in [1.29, 1.82) is 0 Å². The minimum absolute atomic E-state index is 0.0182. The van der Waals surface area contributed by atoms with Gasteiger partial charge in [0.15, 0.2) is 5.82 Å². The Hall–Kier alpha value is -2.37. The number of amides is 1. The van der Waals surface area contributed by atoms with Crippen LogP contribution < -0.4 is 10.1 Å². The molecule has 1 N–H and O–H groups in total. The smallest absolute Gasteiger partial charge is 0.243 e. The number of aryl methyl sites for hydroxylation is 1. The second kappa shape index (κ2) is 5.79. The third-order valence-electron chi connectivity index (χ3n) is 3.80. The van der Waals surface area contributed by atoms with Gasteiger partial charge in [-0.05, 0) is 32.4 Å². The number of nitrogens with zero attached hydrogens (tertiary/aromatic N) is 3. The summed E-state index contributed by atoms with van der Waals surface area (Å²) < 4.78 is 7.35. The number of methoxy groups -OCH3 is 1. The standard InChI is InChI=1S/C16H20N4O2/c1-10(2)17-16(21)12-8-9-14-18-19-15(20(12)14)11-6-4-5-7-13(11)22-3/h4-7,10,12H,8-9H2,1-3H3,(H,17,21). The molecule has 116 valence electrons. The second-order valence-electron chi connectivity index (χ2n) is 5.73. The Labute approximate surface area is 129 Å². The maximum atomic E-state index is 12.4. The molecule has 1 aromatic heterocycles. The van der Waals surface area contributed by atoms with Gasteiger partial charge in [0.05, 0.1) is 12.7 Å². The molecule has 0 fully saturated rings. The highest BCUT2D eigenvalue weighted by atomic mass is 16.5. The summed E-state index contributed by atoms with van der Waals surface area (Å²) in [4.78, 5) is 12.4. The van der Waals surface area contributed by atoms with Crippen LogP contribution in [-0.4, -0.2) is 33.8 Å². The normalized spacial score (nSPS) is 16.6. The van der Waals surface area contributed by atoms with Gasteiger partial charge in [0.2, 0.25) is 5.91 Å². The summed E-state index contributed by atoms with van der Waals surface area (Å²) in [7, 11) is 1.63. The Balaban J connectivity index is 2.02. The first-order valence-corrected chi connectivity index (χ1v) is 7.49. The van der Waals surface area contributed by atoms with Gasteiger partial charge in [-0.2, -0.15) is 0 Å². The first kappa shape index (κ1) is 14.6. The zero-order valence-corrected chi connectivity index (χ0v) is 13.0. The molecule has 1 atom stereocenters. The average Bonchev–Trinajstić information content (AvgIpc) is 3.07. The van der Waals surface area contributed by atoms with Crippen molar-refractivity contribution in [3.8, 4) is 17.1 Å². The molecule has 0 aliphatic carbocycles. The maximum Gasteiger partial charge on any atom is 0.243 e. The number of fused-ring (bicyclic) bond motifs is 1. The van der Waals surface area contributed by atoms with Gasteiger partial charge in [-0.3, -0.25) is 9.36 Å². The SMILES string of the molecule is COc1ccccc1-c1nnc2n1C(C(=O)NC(C)C)CC2. The van der Waals surface area contributed by atoms with E-state index in [4.69, 9.17) is 4.74 Å². The lowest BCUT2D eigenvalue weighted by Gasteiger charge is -2.17. The minimum atomic E-state index is -0.257. The van der Waals surface area contributed by atoms with Crippen LogP contribution in [0.3, 0.4) is 0 Å². The van der Waals surface area contributed by atoms with Gasteiger partial charge in [-0.15, -0.1) is 10.2 Å². The van der Waals surface area contributed by atoms with Crippen LogP contribution in [0.5, 0.6) is 5.75 Å². The fourth-order valence-corrected chi connectivity index (χ4v) is 2.86. The number of carbonyl (C=O) groups excluding carboxylic acids is 1. The summed E-state index contributed by atoms with van der Waals surface area (Å²) in [6.45, 7) is 3.92. The molecule has 1 aromatic carbocycles. The molecule has 22 heavy (non-hydrogen) atoms. The molecule has 2 aromatic rings. The molecular formula is C16H20N4O2. The molecule has 0 bridgehead atoms. The molecule has 0 spiro atoms. The van der Waals surface area contributed by atoms with Crippen LogP contribution in [0.25, 0.3) is 11.4 Å². The van der Waals surface area contributed by atoms with Gasteiger partial charge in [0, 0.05) is 12.5 Å². The number of aromatic nitrogens is 3. The van der Waals surface area contributed by atoms with Crippen molar-refractivity contribution in [2.24, 2.45) is 0 Å². The van der Waals surface area contributed by atoms with E-state index >= 15 is 0 Å². The van der Waals surface area contributed by atoms with E-state index in [1.807, 2.05) is 42.7 Å². The first-order valence-electron chi connectivity index (χ1n) is 7.49. The zero-order chi connectivity index (χ0) is 15.7. The molecule has 1 unspecified atom stereocenters. The molecule has 0 radical (unpaired) electrons. The van der Waals surface area contributed by atoms with Crippen molar-refractivity contribution in [2.75, 3.05) is 7.11 Å². The Kier molecular flexibility index (Phi) is 3.83. The topological polar surface area (TPSA) is 69.0 Å². The van der Waals surface area contributed by atoms with Gasteiger partial charge < -0.3 is 10.1 Å². The number of nitrogens with one attached hydrogen (secondary N) is 1. The van der Waals surface area contributed by atoms with Gasteiger partial charge in [-0.25, -0.2) is 0 Å². The van der Waals surface area contributed by atoms with Gasteiger partial charge in [-0.1, -0.05) is 12.1 Å². The zero-order valence-electron chi connectivity index (χ0n) is 13.0. The lowest BCUT2D eigenvalue weighted by molar-refractivity contribution is -0.124. The molecule has 0 saturated carbocycles. The number of rotatable bonds is 4. The van der Waals surface area contributed by atoms with Gasteiger partial charge >= 0.3 is 0 Å². The average molecular weight is 300 g/mol. The fraction of sp³-hybridized carbons (Fsp3) is 0.438. The predicted molar refractivity (Wildman–Crippen MR) is 82.6 cm³/mol. The van der Waals surface area contributed by atoms with Crippen molar-refractivity contribution in [3.05, 3.63) is 30.1 Å². The number of para-hydroxylation sites is 1. The molecule has 6 nitrogen and oxygen atoms in total. The highest BCUT2D eigenvalue weighted by molar-refractivity contribution is 5.82. The van der Waals surface area contributed by atoms with Crippen LogP contribution in [0, 0.1) is 0 Å².